The molecule has 0 radical (unpaired) electrons. The van der Waals surface area contributed by atoms with E-state index in [1.54, 1.807) is 7.11 Å². The molecule has 0 spiro atoms. The fourth-order valence-corrected chi connectivity index (χ4v) is 2.43. The first-order chi connectivity index (χ1) is 10.3. The average molecular weight is 286 g/mol. The normalized spacial score (nSPS) is 12.5. The summed E-state index contributed by atoms with van der Waals surface area (Å²) in [5.41, 5.74) is 3.79. The van der Waals surface area contributed by atoms with E-state index in [1.807, 2.05) is 12.1 Å². The number of benzene rings is 2. The Labute approximate surface area is 124 Å². The lowest BCUT2D eigenvalue weighted by atomic mass is 10.1. The van der Waals surface area contributed by atoms with Crippen molar-refractivity contribution in [2.75, 3.05) is 13.9 Å². The molecular formula is C17H20NO3+. The molecule has 0 unspecified atom stereocenters. The molecule has 110 valence electrons. The lowest BCUT2D eigenvalue weighted by Gasteiger charge is -2.08. The first-order valence-corrected chi connectivity index (χ1v) is 7.10. The van der Waals surface area contributed by atoms with E-state index in [0.717, 1.165) is 24.6 Å². The first-order valence-electron chi connectivity index (χ1n) is 7.10. The minimum absolute atomic E-state index is 0.266. The number of aryl methyl sites for hydroxylation is 1. The lowest BCUT2D eigenvalue weighted by Crippen LogP contribution is -2.80. The summed E-state index contributed by atoms with van der Waals surface area (Å²) in [6.07, 6.45) is 0. The van der Waals surface area contributed by atoms with E-state index in [1.165, 1.54) is 16.7 Å². The molecule has 0 atom stereocenters. The molecule has 3 rings (SSSR count). The SMILES string of the molecule is COc1cc(C[NH2+]Cc2ccc(C)cc2)cc2c1OCO2. The minimum atomic E-state index is 0.266. The topological polar surface area (TPSA) is 44.3 Å². The highest BCUT2D eigenvalue weighted by molar-refractivity contribution is 5.54. The van der Waals surface area contributed by atoms with Gasteiger partial charge in [-0.1, -0.05) is 29.8 Å². The van der Waals surface area contributed by atoms with Crippen LogP contribution in [0.1, 0.15) is 16.7 Å². The maximum absolute atomic E-state index is 5.44. The van der Waals surface area contributed by atoms with Crippen LogP contribution < -0.4 is 19.5 Å². The number of nitrogens with two attached hydrogens (primary N) is 1. The molecule has 0 aromatic heterocycles. The van der Waals surface area contributed by atoms with Gasteiger partial charge in [-0.05, 0) is 19.1 Å². The van der Waals surface area contributed by atoms with E-state index in [0.29, 0.717) is 5.75 Å². The van der Waals surface area contributed by atoms with E-state index in [-0.39, 0.29) is 6.79 Å². The van der Waals surface area contributed by atoms with Gasteiger partial charge in [-0.25, -0.2) is 0 Å². The summed E-state index contributed by atoms with van der Waals surface area (Å²) in [4.78, 5) is 0. The molecule has 21 heavy (non-hydrogen) atoms. The maximum atomic E-state index is 5.44. The van der Waals surface area contributed by atoms with Gasteiger partial charge in [0, 0.05) is 11.1 Å². The smallest absolute Gasteiger partial charge is 0.231 e. The summed E-state index contributed by atoms with van der Waals surface area (Å²) in [6.45, 7) is 4.20. The zero-order valence-electron chi connectivity index (χ0n) is 12.4. The molecular weight excluding hydrogens is 266 g/mol. The van der Waals surface area contributed by atoms with Gasteiger partial charge in [0.25, 0.3) is 0 Å². The van der Waals surface area contributed by atoms with Crippen molar-refractivity contribution in [2.45, 2.75) is 20.0 Å². The zero-order chi connectivity index (χ0) is 14.7. The quantitative estimate of drug-likeness (QED) is 0.914. The molecule has 1 aliphatic rings. The van der Waals surface area contributed by atoms with Crippen LogP contribution in [-0.4, -0.2) is 13.9 Å². The van der Waals surface area contributed by atoms with Crippen LogP contribution in [0, 0.1) is 6.92 Å². The van der Waals surface area contributed by atoms with Crippen molar-refractivity contribution in [2.24, 2.45) is 0 Å². The van der Waals surface area contributed by atoms with Gasteiger partial charge in [0.2, 0.25) is 12.5 Å². The van der Waals surface area contributed by atoms with Crippen molar-refractivity contribution in [3.05, 3.63) is 53.1 Å². The third-order valence-electron chi connectivity index (χ3n) is 3.60. The molecule has 1 heterocycles. The fraction of sp³-hybridized carbons (Fsp3) is 0.294. The number of ether oxygens (including phenoxy) is 3. The predicted octanol–water partition coefficient (Wildman–Crippen LogP) is 2.00. The van der Waals surface area contributed by atoms with Crippen LogP contribution in [0.4, 0.5) is 0 Å². The summed E-state index contributed by atoms with van der Waals surface area (Å²) >= 11 is 0. The number of hydrogen-bond donors (Lipinski definition) is 1. The summed E-state index contributed by atoms with van der Waals surface area (Å²) in [6, 6.07) is 12.7. The molecule has 1 aliphatic heterocycles. The molecule has 0 aliphatic carbocycles. The second kappa shape index (κ2) is 6.06. The van der Waals surface area contributed by atoms with Crippen molar-refractivity contribution in [1.82, 2.24) is 0 Å². The number of rotatable bonds is 5. The molecule has 2 aromatic rings. The second-order valence-electron chi connectivity index (χ2n) is 5.21. The Morgan fingerprint density at radius 2 is 1.81 bits per heavy atom. The number of fused-ring (bicyclic) bond motifs is 1. The van der Waals surface area contributed by atoms with Crippen LogP contribution in [0.25, 0.3) is 0 Å². The van der Waals surface area contributed by atoms with Gasteiger partial charge in [0.15, 0.2) is 11.5 Å². The van der Waals surface area contributed by atoms with Gasteiger partial charge < -0.3 is 19.5 Å². The Hall–Kier alpha value is -2.20. The van der Waals surface area contributed by atoms with Crippen LogP contribution in [0.15, 0.2) is 36.4 Å². The summed E-state index contributed by atoms with van der Waals surface area (Å²) in [5.74, 6) is 2.22. The summed E-state index contributed by atoms with van der Waals surface area (Å²) in [7, 11) is 1.65. The summed E-state index contributed by atoms with van der Waals surface area (Å²) in [5, 5.41) is 2.27. The van der Waals surface area contributed by atoms with Crippen molar-refractivity contribution in [1.29, 1.82) is 0 Å². The van der Waals surface area contributed by atoms with Crippen molar-refractivity contribution >= 4 is 0 Å². The molecule has 4 heteroatoms. The summed E-state index contributed by atoms with van der Waals surface area (Å²) < 4.78 is 16.2. The van der Waals surface area contributed by atoms with E-state index < -0.39 is 0 Å². The van der Waals surface area contributed by atoms with Gasteiger partial charge in [0.1, 0.15) is 13.1 Å². The number of methoxy groups -OCH3 is 1. The highest BCUT2D eigenvalue weighted by Crippen LogP contribution is 2.41. The predicted molar refractivity (Wildman–Crippen MR) is 79.6 cm³/mol. The van der Waals surface area contributed by atoms with Gasteiger partial charge in [-0.15, -0.1) is 0 Å². The Bertz CT molecular complexity index is 623. The Kier molecular flexibility index (Phi) is 3.97. The molecule has 2 N–H and O–H groups in total. The average Bonchev–Trinajstić information content (AvgIpc) is 2.97. The first kappa shape index (κ1) is 13.8. The van der Waals surface area contributed by atoms with Crippen LogP contribution in [-0.2, 0) is 13.1 Å². The van der Waals surface area contributed by atoms with Crippen molar-refractivity contribution in [3.63, 3.8) is 0 Å². The van der Waals surface area contributed by atoms with E-state index in [2.05, 4.69) is 36.5 Å². The Morgan fingerprint density at radius 3 is 2.57 bits per heavy atom. The number of hydrogen-bond acceptors (Lipinski definition) is 3. The molecule has 2 aromatic carbocycles. The maximum Gasteiger partial charge on any atom is 0.231 e. The zero-order valence-corrected chi connectivity index (χ0v) is 12.4. The van der Waals surface area contributed by atoms with Gasteiger partial charge >= 0.3 is 0 Å². The van der Waals surface area contributed by atoms with Crippen LogP contribution in [0.2, 0.25) is 0 Å². The minimum Gasteiger partial charge on any atom is -0.493 e. The fourth-order valence-electron chi connectivity index (χ4n) is 2.43. The Morgan fingerprint density at radius 1 is 1.05 bits per heavy atom. The molecule has 0 saturated carbocycles. The highest BCUT2D eigenvalue weighted by atomic mass is 16.7. The van der Waals surface area contributed by atoms with Gasteiger partial charge in [0.05, 0.1) is 7.11 Å². The van der Waals surface area contributed by atoms with E-state index in [4.69, 9.17) is 14.2 Å². The van der Waals surface area contributed by atoms with E-state index >= 15 is 0 Å². The standard InChI is InChI=1S/C17H19NO3/c1-12-3-5-13(6-4-12)9-18-10-14-7-15(19-2)17-16(8-14)20-11-21-17/h3-8,18H,9-11H2,1-2H3/p+1. The Balaban J connectivity index is 1.64. The molecule has 0 bridgehead atoms. The second-order valence-corrected chi connectivity index (χ2v) is 5.21. The lowest BCUT2D eigenvalue weighted by molar-refractivity contribution is -0.686. The van der Waals surface area contributed by atoms with Crippen LogP contribution in [0.3, 0.4) is 0 Å². The monoisotopic (exact) mass is 286 g/mol. The van der Waals surface area contributed by atoms with Crippen molar-refractivity contribution < 1.29 is 19.5 Å². The largest absolute Gasteiger partial charge is 0.493 e. The third kappa shape index (κ3) is 3.11. The third-order valence-corrected chi connectivity index (χ3v) is 3.60. The van der Waals surface area contributed by atoms with Crippen molar-refractivity contribution in [3.8, 4) is 17.2 Å². The highest BCUT2D eigenvalue weighted by Gasteiger charge is 2.20. The van der Waals surface area contributed by atoms with Gasteiger partial charge in [-0.2, -0.15) is 0 Å². The van der Waals surface area contributed by atoms with Gasteiger partial charge in [-0.3, -0.25) is 0 Å². The number of quaternary nitrogens is 1. The molecule has 4 nitrogen and oxygen atoms in total. The van der Waals surface area contributed by atoms with Crippen LogP contribution in [0.5, 0.6) is 17.2 Å². The molecule has 0 amide bonds. The van der Waals surface area contributed by atoms with E-state index in [9.17, 15) is 0 Å². The van der Waals surface area contributed by atoms with Crippen LogP contribution >= 0.6 is 0 Å². The molecule has 0 fully saturated rings. The molecule has 0 saturated heterocycles.